The van der Waals surface area contributed by atoms with Gasteiger partial charge in [0.25, 0.3) is 5.91 Å². The summed E-state index contributed by atoms with van der Waals surface area (Å²) in [7, 11) is 0. The van der Waals surface area contributed by atoms with Gasteiger partial charge in [0.15, 0.2) is 0 Å². The number of primary amides is 1. The number of piperidine rings is 2. The minimum absolute atomic E-state index is 0.0839. The number of hydrogen-bond donors (Lipinski definition) is 1. The van der Waals surface area contributed by atoms with Crippen LogP contribution in [0.5, 0.6) is 0 Å². The summed E-state index contributed by atoms with van der Waals surface area (Å²) in [6, 6.07) is 7.43. The van der Waals surface area contributed by atoms with Gasteiger partial charge in [-0.15, -0.1) is 11.3 Å². The SMILES string of the molecule is NC(=O)C1CCCN(C(=O)c2csc(C3CCN(C(=O)Cc4ccccc4Cl)CC3)n2)C1. The lowest BCUT2D eigenvalue weighted by Gasteiger charge is -2.31. The molecule has 0 spiro atoms. The molecule has 2 N–H and O–H groups in total. The van der Waals surface area contributed by atoms with Gasteiger partial charge in [-0.25, -0.2) is 4.98 Å². The minimum atomic E-state index is -0.350. The zero-order valence-electron chi connectivity index (χ0n) is 17.8. The molecule has 2 aromatic rings. The number of carbonyl (C=O) groups is 3. The van der Waals surface area contributed by atoms with Gasteiger partial charge in [-0.1, -0.05) is 29.8 Å². The maximum atomic E-state index is 12.9. The topological polar surface area (TPSA) is 96.6 Å². The fourth-order valence-electron chi connectivity index (χ4n) is 4.42. The van der Waals surface area contributed by atoms with Gasteiger partial charge in [0.2, 0.25) is 11.8 Å². The largest absolute Gasteiger partial charge is 0.369 e. The molecule has 2 saturated heterocycles. The Labute approximate surface area is 196 Å². The highest BCUT2D eigenvalue weighted by Crippen LogP contribution is 2.31. The van der Waals surface area contributed by atoms with Crippen molar-refractivity contribution in [1.29, 1.82) is 0 Å². The number of thiazole rings is 1. The first-order chi connectivity index (χ1) is 15.4. The maximum Gasteiger partial charge on any atom is 0.273 e. The van der Waals surface area contributed by atoms with Crippen LogP contribution in [-0.2, 0) is 16.0 Å². The van der Waals surface area contributed by atoms with E-state index >= 15 is 0 Å². The monoisotopic (exact) mass is 474 g/mol. The van der Waals surface area contributed by atoms with Crippen LogP contribution in [0.3, 0.4) is 0 Å². The average molecular weight is 475 g/mol. The van der Waals surface area contributed by atoms with Crippen LogP contribution in [0.15, 0.2) is 29.6 Å². The Balaban J connectivity index is 1.32. The van der Waals surface area contributed by atoms with E-state index < -0.39 is 0 Å². The highest BCUT2D eigenvalue weighted by atomic mass is 35.5. The molecular weight excluding hydrogens is 448 g/mol. The van der Waals surface area contributed by atoms with Crippen molar-refractivity contribution in [3.8, 4) is 0 Å². The standard InChI is InChI=1S/C23H27ClN4O3S/c24-18-6-2-1-4-16(18)12-20(29)27-10-7-15(8-11-27)22-26-19(14-32-22)23(31)28-9-3-5-17(13-28)21(25)30/h1-2,4,6,14-15,17H,3,5,7-13H2,(H2,25,30). The van der Waals surface area contributed by atoms with Crippen molar-refractivity contribution < 1.29 is 14.4 Å². The molecule has 1 atom stereocenters. The van der Waals surface area contributed by atoms with E-state index in [1.165, 1.54) is 11.3 Å². The predicted molar refractivity (Wildman–Crippen MR) is 124 cm³/mol. The third-order valence-corrected chi connectivity index (χ3v) is 7.72. The third kappa shape index (κ3) is 5.13. The van der Waals surface area contributed by atoms with Gasteiger partial charge in [0, 0.05) is 42.5 Å². The first-order valence-corrected chi connectivity index (χ1v) is 12.2. The summed E-state index contributed by atoms with van der Waals surface area (Å²) >= 11 is 7.68. The molecule has 2 fully saturated rings. The Morgan fingerprint density at radius 1 is 1.09 bits per heavy atom. The fourth-order valence-corrected chi connectivity index (χ4v) is 5.59. The van der Waals surface area contributed by atoms with Crippen molar-refractivity contribution in [3.63, 3.8) is 0 Å². The number of carbonyl (C=O) groups excluding carboxylic acids is 3. The van der Waals surface area contributed by atoms with E-state index in [1.54, 1.807) is 16.3 Å². The summed E-state index contributed by atoms with van der Waals surface area (Å²) in [6.45, 7) is 2.33. The van der Waals surface area contributed by atoms with Crippen LogP contribution in [0.2, 0.25) is 5.02 Å². The Morgan fingerprint density at radius 2 is 1.84 bits per heavy atom. The zero-order valence-corrected chi connectivity index (χ0v) is 19.4. The van der Waals surface area contributed by atoms with E-state index in [1.807, 2.05) is 23.1 Å². The van der Waals surface area contributed by atoms with Crippen LogP contribution in [0.25, 0.3) is 0 Å². The molecule has 0 radical (unpaired) electrons. The van der Waals surface area contributed by atoms with Gasteiger partial charge in [-0.05, 0) is 37.3 Å². The van der Waals surface area contributed by atoms with Crippen molar-refractivity contribution in [1.82, 2.24) is 14.8 Å². The van der Waals surface area contributed by atoms with Crippen LogP contribution >= 0.6 is 22.9 Å². The van der Waals surface area contributed by atoms with E-state index in [9.17, 15) is 14.4 Å². The summed E-state index contributed by atoms with van der Waals surface area (Å²) in [5.41, 5.74) is 6.71. The smallest absolute Gasteiger partial charge is 0.273 e. The molecular formula is C23H27ClN4O3S. The minimum Gasteiger partial charge on any atom is -0.369 e. The first kappa shape index (κ1) is 22.7. The number of aromatic nitrogens is 1. The number of nitrogens with zero attached hydrogens (tertiary/aromatic N) is 3. The molecule has 32 heavy (non-hydrogen) atoms. The number of halogens is 1. The van der Waals surface area contributed by atoms with Crippen molar-refractivity contribution in [2.24, 2.45) is 11.7 Å². The molecule has 2 aliphatic heterocycles. The molecule has 1 aromatic carbocycles. The molecule has 3 amide bonds. The molecule has 0 bridgehead atoms. The highest BCUT2D eigenvalue weighted by molar-refractivity contribution is 7.09. The molecule has 7 nitrogen and oxygen atoms in total. The van der Waals surface area contributed by atoms with Crippen LogP contribution in [-0.4, -0.2) is 58.7 Å². The van der Waals surface area contributed by atoms with E-state index in [0.717, 1.165) is 36.3 Å². The van der Waals surface area contributed by atoms with Crippen LogP contribution in [0.1, 0.15) is 52.7 Å². The molecule has 1 aromatic heterocycles. The second-order valence-electron chi connectivity index (χ2n) is 8.49. The van der Waals surface area contributed by atoms with Crippen LogP contribution in [0.4, 0.5) is 0 Å². The molecule has 2 aliphatic rings. The quantitative estimate of drug-likeness (QED) is 0.720. The molecule has 170 valence electrons. The maximum absolute atomic E-state index is 12.9. The Kier molecular flexibility index (Phi) is 7.10. The third-order valence-electron chi connectivity index (χ3n) is 6.35. The lowest BCUT2D eigenvalue weighted by molar-refractivity contribution is -0.131. The number of hydrogen-bond acceptors (Lipinski definition) is 5. The van der Waals surface area contributed by atoms with E-state index in [0.29, 0.717) is 43.3 Å². The first-order valence-electron chi connectivity index (χ1n) is 11.0. The van der Waals surface area contributed by atoms with Gasteiger partial charge in [-0.2, -0.15) is 0 Å². The van der Waals surface area contributed by atoms with Gasteiger partial charge in [-0.3, -0.25) is 14.4 Å². The summed E-state index contributed by atoms with van der Waals surface area (Å²) in [5.74, 6) is -0.437. The van der Waals surface area contributed by atoms with Crippen molar-refractivity contribution in [2.75, 3.05) is 26.2 Å². The predicted octanol–water partition coefficient (Wildman–Crippen LogP) is 3.08. The Bertz CT molecular complexity index is 1000. The van der Waals surface area contributed by atoms with Gasteiger partial charge >= 0.3 is 0 Å². The summed E-state index contributed by atoms with van der Waals surface area (Å²) in [6.07, 6.45) is 3.46. The lowest BCUT2D eigenvalue weighted by Crippen LogP contribution is -2.44. The second kappa shape index (κ2) is 10.0. The Hall–Kier alpha value is -2.45. The summed E-state index contributed by atoms with van der Waals surface area (Å²) in [4.78, 5) is 45.2. The normalized spacial score (nSPS) is 19.7. The second-order valence-corrected chi connectivity index (χ2v) is 9.78. The van der Waals surface area contributed by atoms with Crippen LogP contribution < -0.4 is 5.73 Å². The van der Waals surface area contributed by atoms with Crippen molar-refractivity contribution >= 4 is 40.7 Å². The van der Waals surface area contributed by atoms with Gasteiger partial charge in [0.05, 0.1) is 17.3 Å². The van der Waals surface area contributed by atoms with E-state index in [-0.39, 0.29) is 29.6 Å². The van der Waals surface area contributed by atoms with Crippen molar-refractivity contribution in [2.45, 2.75) is 38.0 Å². The number of amides is 3. The van der Waals surface area contributed by atoms with Gasteiger partial charge < -0.3 is 15.5 Å². The number of rotatable bonds is 5. The fraction of sp³-hybridized carbons (Fsp3) is 0.478. The summed E-state index contributed by atoms with van der Waals surface area (Å²) in [5, 5.41) is 3.36. The summed E-state index contributed by atoms with van der Waals surface area (Å²) < 4.78 is 0. The molecule has 1 unspecified atom stereocenters. The van der Waals surface area contributed by atoms with Crippen molar-refractivity contribution in [3.05, 3.63) is 50.9 Å². The zero-order chi connectivity index (χ0) is 22.7. The average Bonchev–Trinajstić information content (AvgIpc) is 3.30. The highest BCUT2D eigenvalue weighted by Gasteiger charge is 2.30. The molecule has 3 heterocycles. The molecule has 9 heteroatoms. The van der Waals surface area contributed by atoms with Gasteiger partial charge in [0.1, 0.15) is 5.69 Å². The molecule has 4 rings (SSSR count). The number of likely N-dealkylation sites (tertiary alicyclic amines) is 2. The number of benzene rings is 1. The van der Waals surface area contributed by atoms with E-state index in [4.69, 9.17) is 17.3 Å². The Morgan fingerprint density at radius 3 is 2.56 bits per heavy atom. The van der Waals surface area contributed by atoms with Crippen LogP contribution in [0, 0.1) is 5.92 Å². The molecule has 0 aliphatic carbocycles. The lowest BCUT2D eigenvalue weighted by atomic mass is 9.96. The molecule has 0 saturated carbocycles. The number of nitrogens with two attached hydrogens (primary N) is 1. The van der Waals surface area contributed by atoms with E-state index in [2.05, 4.69) is 4.98 Å².